The van der Waals surface area contributed by atoms with Crippen LogP contribution in [0.5, 0.6) is 0 Å². The first-order valence-corrected chi connectivity index (χ1v) is 14.2. The first-order valence-electron chi connectivity index (χ1n) is 12.7. The van der Waals surface area contributed by atoms with E-state index in [1.807, 2.05) is 12.1 Å². The molecule has 0 spiro atoms. The Labute approximate surface area is 229 Å². The van der Waals surface area contributed by atoms with Gasteiger partial charge in [0.1, 0.15) is 0 Å². The summed E-state index contributed by atoms with van der Waals surface area (Å²) in [5, 5.41) is 3.36. The summed E-state index contributed by atoms with van der Waals surface area (Å²) in [6.45, 7) is 7.53. The Morgan fingerprint density at radius 3 is 2.46 bits per heavy atom. The van der Waals surface area contributed by atoms with Crippen LogP contribution in [0.2, 0.25) is 0 Å². The fourth-order valence-corrected chi connectivity index (χ4v) is 5.16. The van der Waals surface area contributed by atoms with Gasteiger partial charge in [0, 0.05) is 36.0 Å². The highest BCUT2D eigenvalue weighted by molar-refractivity contribution is 7.85. The molecule has 0 saturated heterocycles. The number of hydrogen-bond acceptors (Lipinski definition) is 8. The lowest BCUT2D eigenvalue weighted by atomic mass is 9.69. The molecule has 0 fully saturated rings. The molecule has 2 aromatic rings. The van der Waals surface area contributed by atoms with Gasteiger partial charge in [-0.25, -0.2) is 4.79 Å². The van der Waals surface area contributed by atoms with E-state index >= 15 is 0 Å². The van der Waals surface area contributed by atoms with Crippen LogP contribution >= 0.6 is 0 Å². The number of ketones is 1. The van der Waals surface area contributed by atoms with E-state index in [4.69, 9.17) is 14.0 Å². The molecular formula is C28H36N3O7S+. The van der Waals surface area contributed by atoms with Gasteiger partial charge in [0.15, 0.2) is 5.78 Å². The van der Waals surface area contributed by atoms with E-state index in [2.05, 4.69) is 29.9 Å². The molecule has 1 aliphatic carbocycles. The van der Waals surface area contributed by atoms with Crippen molar-refractivity contribution in [3.05, 3.63) is 83.0 Å². The molecule has 5 N–H and O–H groups in total. The van der Waals surface area contributed by atoms with E-state index < -0.39 is 22.0 Å². The van der Waals surface area contributed by atoms with Crippen LogP contribution in [-0.4, -0.2) is 56.1 Å². The maximum Gasteiger partial charge on any atom is 0.336 e. The number of nitrogens with zero attached hydrogens (tertiary/aromatic N) is 1. The lowest BCUT2D eigenvalue weighted by molar-refractivity contribution is -0.373. The summed E-state index contributed by atoms with van der Waals surface area (Å²) in [5.41, 5.74) is 7.02. The highest BCUT2D eigenvalue weighted by Gasteiger charge is 2.43. The second-order valence-corrected chi connectivity index (χ2v) is 11.4. The fraction of sp³-hybridized carbons (Fsp3) is 0.393. The third-order valence-electron chi connectivity index (χ3n) is 6.21. The zero-order chi connectivity index (χ0) is 28.6. The third-order valence-corrected chi connectivity index (χ3v) is 7.08. The van der Waals surface area contributed by atoms with Crippen LogP contribution in [0, 0.1) is 5.41 Å². The maximum absolute atomic E-state index is 13.2. The number of ether oxygens (including phenoxy) is 2. The first-order chi connectivity index (χ1) is 18.5. The molecule has 1 aliphatic heterocycles. The predicted octanol–water partition coefficient (Wildman–Crippen LogP) is 2.42. The number of aromatic nitrogens is 1. The van der Waals surface area contributed by atoms with Crippen molar-refractivity contribution in [3.8, 4) is 0 Å². The summed E-state index contributed by atoms with van der Waals surface area (Å²) in [4.78, 5) is 30.3. The summed E-state index contributed by atoms with van der Waals surface area (Å²) in [7, 11) is -4.00. The third kappa shape index (κ3) is 7.82. The van der Waals surface area contributed by atoms with Gasteiger partial charge in [-0.2, -0.15) is 8.42 Å². The molecule has 2 heterocycles. The molecule has 0 bridgehead atoms. The molecule has 4 rings (SSSR count). The van der Waals surface area contributed by atoms with Crippen molar-refractivity contribution in [2.45, 2.75) is 44.4 Å². The lowest BCUT2D eigenvalue weighted by Gasteiger charge is -2.39. The highest BCUT2D eigenvalue weighted by atomic mass is 32.2. The summed E-state index contributed by atoms with van der Waals surface area (Å²) in [6.07, 6.45) is 4.55. The number of benzene rings is 1. The molecule has 0 amide bonds. The van der Waals surface area contributed by atoms with E-state index in [0.717, 1.165) is 17.7 Å². The van der Waals surface area contributed by atoms with Gasteiger partial charge < -0.3 is 20.5 Å². The van der Waals surface area contributed by atoms with Crippen molar-refractivity contribution < 1.29 is 37.8 Å². The molecule has 1 atom stereocenters. The number of carbonyl (C=O) groups excluding carboxylic acids is 2. The van der Waals surface area contributed by atoms with Gasteiger partial charge in [-0.3, -0.25) is 14.3 Å². The van der Waals surface area contributed by atoms with Gasteiger partial charge in [-0.15, -0.1) is 0 Å². The van der Waals surface area contributed by atoms with E-state index in [1.54, 1.807) is 37.5 Å². The number of dihydropyridines is 1. The monoisotopic (exact) mass is 558 g/mol. The van der Waals surface area contributed by atoms with Crippen LogP contribution in [-0.2, 0) is 29.2 Å². The summed E-state index contributed by atoms with van der Waals surface area (Å²) in [6, 6.07) is 11.1. The molecule has 0 radical (unpaired) electrons. The lowest BCUT2D eigenvalue weighted by Crippen LogP contribution is -2.52. The summed E-state index contributed by atoms with van der Waals surface area (Å²) < 4.78 is 40.3. The molecule has 11 heteroatoms. The molecule has 1 unspecified atom stereocenters. The van der Waals surface area contributed by atoms with Crippen LogP contribution < -0.4 is 11.1 Å². The van der Waals surface area contributed by atoms with Crippen LogP contribution in [0.25, 0.3) is 0 Å². The fourth-order valence-electron chi connectivity index (χ4n) is 4.66. The van der Waals surface area contributed by atoms with Gasteiger partial charge in [0.05, 0.1) is 42.5 Å². The first kappa shape index (κ1) is 30.2. The Balaban J connectivity index is 0.000000353. The minimum atomic E-state index is -4.00. The SMILES string of the molecule is CCOC(=O)C1=C(COCC[NH3+])NC2=C(C(=O)CC(C)(C)C2)C1c1cccnc1.O=S(=O)(O)c1ccccc1. The number of nitrogens with one attached hydrogen (secondary N) is 1. The average molecular weight is 559 g/mol. The van der Waals surface area contributed by atoms with Crippen molar-refractivity contribution in [3.63, 3.8) is 0 Å². The highest BCUT2D eigenvalue weighted by Crippen LogP contribution is 2.46. The average Bonchev–Trinajstić information content (AvgIpc) is 2.88. The van der Waals surface area contributed by atoms with Gasteiger partial charge in [0.25, 0.3) is 10.1 Å². The van der Waals surface area contributed by atoms with Crippen molar-refractivity contribution in [1.82, 2.24) is 10.3 Å². The molecule has 10 nitrogen and oxygen atoms in total. The second kappa shape index (κ2) is 13.1. The number of hydrogen-bond donors (Lipinski definition) is 3. The molecule has 39 heavy (non-hydrogen) atoms. The van der Waals surface area contributed by atoms with Crippen LogP contribution in [0.4, 0.5) is 0 Å². The van der Waals surface area contributed by atoms with Crippen molar-refractivity contribution >= 4 is 21.9 Å². The number of quaternary nitrogens is 1. The van der Waals surface area contributed by atoms with Crippen LogP contribution in [0.1, 0.15) is 45.1 Å². The molecule has 210 valence electrons. The molecule has 2 aliphatic rings. The number of esters is 1. The van der Waals surface area contributed by atoms with Gasteiger partial charge in [-0.05, 0) is 42.5 Å². The molecule has 1 aromatic carbocycles. The predicted molar refractivity (Wildman–Crippen MR) is 144 cm³/mol. The van der Waals surface area contributed by atoms with E-state index in [9.17, 15) is 18.0 Å². The van der Waals surface area contributed by atoms with Gasteiger partial charge in [-0.1, -0.05) is 38.1 Å². The second-order valence-electron chi connectivity index (χ2n) is 9.98. The van der Waals surface area contributed by atoms with Crippen molar-refractivity contribution in [2.75, 3.05) is 26.4 Å². The molecule has 1 aromatic heterocycles. The Bertz CT molecular complexity index is 1340. The number of rotatable bonds is 8. The largest absolute Gasteiger partial charge is 0.463 e. The topological polar surface area (TPSA) is 160 Å². The van der Waals surface area contributed by atoms with E-state index in [1.165, 1.54) is 12.1 Å². The Hall–Kier alpha value is -3.38. The molecular weight excluding hydrogens is 522 g/mol. The summed E-state index contributed by atoms with van der Waals surface area (Å²) >= 11 is 0. The standard InChI is InChI=1S/C22H29N3O4.C6H6O3S/c1-4-29-21(27)20-16(13-28-9-7-23)25-15-10-22(2,3)11-17(26)19(15)18(20)14-6-5-8-24-12-14;7-10(8,9)6-4-2-1-3-5-6/h5-6,8,12,18,25H,4,7,9-11,13,23H2,1-3H3;1-5H,(H,7,8,9)/p+1. The summed E-state index contributed by atoms with van der Waals surface area (Å²) in [5.74, 6) is -0.899. The van der Waals surface area contributed by atoms with Crippen LogP contribution in [0.15, 0.2) is 82.3 Å². The Morgan fingerprint density at radius 1 is 1.18 bits per heavy atom. The number of allylic oxidation sites excluding steroid dienone is 2. The minimum Gasteiger partial charge on any atom is -0.463 e. The quantitative estimate of drug-likeness (QED) is 0.251. The minimum absolute atomic E-state index is 0.0529. The number of carbonyl (C=O) groups is 2. The van der Waals surface area contributed by atoms with E-state index in [-0.39, 0.29) is 29.3 Å². The van der Waals surface area contributed by atoms with Crippen molar-refractivity contribution in [1.29, 1.82) is 0 Å². The Morgan fingerprint density at radius 2 is 1.90 bits per heavy atom. The number of Topliss-reactive ketones (excluding diaryl/α,β-unsaturated/α-hetero) is 1. The van der Waals surface area contributed by atoms with Crippen molar-refractivity contribution in [2.24, 2.45) is 5.41 Å². The maximum atomic E-state index is 13.2. The van der Waals surface area contributed by atoms with Gasteiger partial charge >= 0.3 is 5.97 Å². The van der Waals surface area contributed by atoms with Gasteiger partial charge in [0.2, 0.25) is 0 Å². The van der Waals surface area contributed by atoms with E-state index in [0.29, 0.717) is 36.4 Å². The number of pyridine rings is 1. The molecule has 0 saturated carbocycles. The zero-order valence-corrected chi connectivity index (χ0v) is 23.3. The smallest absolute Gasteiger partial charge is 0.336 e. The zero-order valence-electron chi connectivity index (χ0n) is 22.5. The Kier molecular flexibility index (Phi) is 10.1. The normalized spacial score (nSPS) is 18.5. The van der Waals surface area contributed by atoms with Crippen LogP contribution in [0.3, 0.4) is 0 Å².